The fourth-order valence-corrected chi connectivity index (χ4v) is 3.32. The van der Waals surface area contributed by atoms with Crippen LogP contribution >= 0.6 is 11.8 Å². The average molecular weight is 333 g/mol. The second-order valence-corrected chi connectivity index (χ2v) is 7.61. The molecule has 1 aromatic carbocycles. The summed E-state index contributed by atoms with van der Waals surface area (Å²) in [4.78, 5) is 28.4. The summed E-state index contributed by atoms with van der Waals surface area (Å²) >= 11 is 1.49. The molecule has 2 aromatic rings. The summed E-state index contributed by atoms with van der Waals surface area (Å²) in [5.74, 6) is 0.896. The zero-order valence-corrected chi connectivity index (χ0v) is 13.9. The van der Waals surface area contributed by atoms with Gasteiger partial charge in [-0.2, -0.15) is 0 Å². The van der Waals surface area contributed by atoms with Crippen LogP contribution in [0, 0.1) is 0 Å². The van der Waals surface area contributed by atoms with Gasteiger partial charge in [0.15, 0.2) is 11.5 Å². The second-order valence-electron chi connectivity index (χ2n) is 5.96. The van der Waals surface area contributed by atoms with Gasteiger partial charge in [0.1, 0.15) is 11.6 Å². The van der Waals surface area contributed by atoms with Crippen LogP contribution in [0.15, 0.2) is 28.7 Å². The van der Waals surface area contributed by atoms with E-state index in [4.69, 9.17) is 4.42 Å². The standard InChI is InChI=1S/C16H19N3O3S/c1-16(2)15(21)19-11(9-23-16)14(20)17-8-7-13-18-10-5-3-4-6-12(10)22-13/h3-6,11H,7-9H2,1-2H3,(H,17,20)(H,19,21)/t11-/m1/s1. The predicted octanol–water partition coefficient (Wildman–Crippen LogP) is 1.50. The third kappa shape index (κ3) is 3.50. The van der Waals surface area contributed by atoms with Crippen molar-refractivity contribution in [2.24, 2.45) is 0 Å². The second kappa shape index (κ2) is 6.23. The maximum absolute atomic E-state index is 12.1. The first-order valence-corrected chi connectivity index (χ1v) is 8.51. The molecule has 2 amide bonds. The summed E-state index contributed by atoms with van der Waals surface area (Å²) in [5.41, 5.74) is 1.55. The van der Waals surface area contributed by atoms with Crippen molar-refractivity contribution in [3.8, 4) is 0 Å². The van der Waals surface area contributed by atoms with Crippen molar-refractivity contribution in [2.45, 2.75) is 31.1 Å². The van der Waals surface area contributed by atoms with Crippen molar-refractivity contribution in [1.29, 1.82) is 0 Å². The summed E-state index contributed by atoms with van der Waals surface area (Å²) in [6.45, 7) is 4.13. The average Bonchev–Trinajstić information content (AvgIpc) is 2.92. The quantitative estimate of drug-likeness (QED) is 0.886. The van der Waals surface area contributed by atoms with Gasteiger partial charge in [0, 0.05) is 18.7 Å². The van der Waals surface area contributed by atoms with Crippen LogP contribution in [-0.4, -0.2) is 39.9 Å². The van der Waals surface area contributed by atoms with E-state index in [0.717, 1.165) is 11.1 Å². The maximum atomic E-state index is 12.1. The highest BCUT2D eigenvalue weighted by Crippen LogP contribution is 2.28. The number of benzene rings is 1. The highest BCUT2D eigenvalue weighted by Gasteiger charge is 2.37. The van der Waals surface area contributed by atoms with Crippen molar-refractivity contribution in [3.63, 3.8) is 0 Å². The molecular weight excluding hydrogens is 314 g/mol. The normalized spacial score (nSPS) is 20.3. The van der Waals surface area contributed by atoms with E-state index in [1.165, 1.54) is 11.8 Å². The molecule has 3 rings (SSSR count). The van der Waals surface area contributed by atoms with Gasteiger partial charge in [0.05, 0.1) is 4.75 Å². The van der Waals surface area contributed by atoms with Gasteiger partial charge in [-0.1, -0.05) is 12.1 Å². The van der Waals surface area contributed by atoms with E-state index in [1.54, 1.807) is 0 Å². The molecule has 1 aliphatic rings. The number of nitrogens with zero attached hydrogens (tertiary/aromatic N) is 1. The molecule has 0 aliphatic carbocycles. The Morgan fingerprint density at radius 2 is 2.26 bits per heavy atom. The SMILES string of the molecule is CC1(C)SC[C@H](C(=O)NCCc2nc3ccccc3o2)NC1=O. The van der Waals surface area contributed by atoms with E-state index >= 15 is 0 Å². The molecule has 23 heavy (non-hydrogen) atoms. The molecule has 0 radical (unpaired) electrons. The smallest absolute Gasteiger partial charge is 0.243 e. The summed E-state index contributed by atoms with van der Waals surface area (Å²) < 4.78 is 5.13. The molecule has 0 spiro atoms. The Bertz CT molecular complexity index is 708. The van der Waals surface area contributed by atoms with Gasteiger partial charge in [-0.25, -0.2) is 4.98 Å². The lowest BCUT2D eigenvalue weighted by Crippen LogP contribution is -2.57. The van der Waals surface area contributed by atoms with Crippen molar-refractivity contribution in [3.05, 3.63) is 30.2 Å². The lowest BCUT2D eigenvalue weighted by atomic mass is 10.1. The summed E-state index contributed by atoms with van der Waals surface area (Å²) in [7, 11) is 0. The Balaban J connectivity index is 1.50. The topological polar surface area (TPSA) is 84.2 Å². The number of carbonyl (C=O) groups is 2. The number of para-hydroxylation sites is 2. The minimum Gasteiger partial charge on any atom is -0.441 e. The van der Waals surface area contributed by atoms with Crippen LogP contribution in [0.1, 0.15) is 19.7 Å². The Morgan fingerprint density at radius 3 is 3.00 bits per heavy atom. The number of amides is 2. The van der Waals surface area contributed by atoms with E-state index < -0.39 is 10.8 Å². The van der Waals surface area contributed by atoms with Crippen molar-refractivity contribution >= 4 is 34.7 Å². The fraction of sp³-hybridized carbons (Fsp3) is 0.438. The Labute approximate surface area is 138 Å². The number of nitrogens with one attached hydrogen (secondary N) is 2. The molecule has 1 saturated heterocycles. The number of carbonyl (C=O) groups excluding carboxylic acids is 2. The lowest BCUT2D eigenvalue weighted by Gasteiger charge is -2.32. The molecule has 7 heteroatoms. The molecule has 2 N–H and O–H groups in total. The van der Waals surface area contributed by atoms with E-state index in [-0.39, 0.29) is 11.8 Å². The van der Waals surface area contributed by atoms with E-state index in [0.29, 0.717) is 24.6 Å². The zero-order chi connectivity index (χ0) is 16.4. The predicted molar refractivity (Wildman–Crippen MR) is 89.2 cm³/mol. The largest absolute Gasteiger partial charge is 0.441 e. The first kappa shape index (κ1) is 15.9. The van der Waals surface area contributed by atoms with Crippen LogP contribution in [0.2, 0.25) is 0 Å². The molecule has 122 valence electrons. The monoisotopic (exact) mass is 333 g/mol. The molecule has 0 bridgehead atoms. The van der Waals surface area contributed by atoms with Crippen LogP contribution in [0.25, 0.3) is 11.1 Å². The number of oxazole rings is 1. The number of aromatic nitrogens is 1. The molecule has 1 fully saturated rings. The van der Waals surface area contributed by atoms with E-state index in [9.17, 15) is 9.59 Å². The molecule has 2 heterocycles. The summed E-state index contributed by atoms with van der Waals surface area (Å²) in [6, 6.07) is 7.06. The number of rotatable bonds is 4. The minimum absolute atomic E-state index is 0.104. The third-order valence-electron chi connectivity index (χ3n) is 3.76. The first-order valence-electron chi connectivity index (χ1n) is 7.53. The first-order chi connectivity index (χ1) is 11.0. The minimum atomic E-state index is -0.482. The highest BCUT2D eigenvalue weighted by atomic mass is 32.2. The molecule has 6 nitrogen and oxygen atoms in total. The maximum Gasteiger partial charge on any atom is 0.243 e. The number of hydrogen-bond donors (Lipinski definition) is 2. The van der Waals surface area contributed by atoms with Gasteiger partial charge < -0.3 is 15.1 Å². The third-order valence-corrected chi connectivity index (χ3v) is 5.16. The van der Waals surface area contributed by atoms with E-state index in [2.05, 4.69) is 15.6 Å². The molecule has 1 aliphatic heterocycles. The van der Waals surface area contributed by atoms with Crippen LogP contribution in [0.5, 0.6) is 0 Å². The lowest BCUT2D eigenvalue weighted by molar-refractivity contribution is -0.129. The number of thioether (sulfide) groups is 1. The molecular formula is C16H19N3O3S. The van der Waals surface area contributed by atoms with Crippen molar-refractivity contribution < 1.29 is 14.0 Å². The molecule has 1 atom stereocenters. The molecule has 0 saturated carbocycles. The van der Waals surface area contributed by atoms with Crippen LogP contribution in [0.4, 0.5) is 0 Å². The van der Waals surface area contributed by atoms with Crippen molar-refractivity contribution in [2.75, 3.05) is 12.3 Å². The Kier molecular flexibility index (Phi) is 4.30. The van der Waals surface area contributed by atoms with Gasteiger partial charge >= 0.3 is 0 Å². The Morgan fingerprint density at radius 1 is 1.48 bits per heavy atom. The fourth-order valence-electron chi connectivity index (χ4n) is 2.31. The Hall–Kier alpha value is -2.02. The van der Waals surface area contributed by atoms with Crippen LogP contribution in [0.3, 0.4) is 0 Å². The zero-order valence-electron chi connectivity index (χ0n) is 13.1. The van der Waals surface area contributed by atoms with Gasteiger partial charge in [0.25, 0.3) is 0 Å². The van der Waals surface area contributed by atoms with Gasteiger partial charge in [-0.05, 0) is 26.0 Å². The van der Waals surface area contributed by atoms with Crippen molar-refractivity contribution in [1.82, 2.24) is 15.6 Å². The highest BCUT2D eigenvalue weighted by molar-refractivity contribution is 8.01. The van der Waals surface area contributed by atoms with E-state index in [1.807, 2.05) is 38.1 Å². The van der Waals surface area contributed by atoms with Gasteiger partial charge in [-0.15, -0.1) is 11.8 Å². The summed E-state index contributed by atoms with van der Waals surface area (Å²) in [5, 5.41) is 5.59. The summed E-state index contributed by atoms with van der Waals surface area (Å²) in [6.07, 6.45) is 0.514. The van der Waals surface area contributed by atoms with Crippen LogP contribution in [-0.2, 0) is 16.0 Å². The van der Waals surface area contributed by atoms with Gasteiger partial charge in [-0.3, -0.25) is 9.59 Å². The number of hydrogen-bond acceptors (Lipinski definition) is 5. The number of fused-ring (bicyclic) bond motifs is 1. The van der Waals surface area contributed by atoms with Gasteiger partial charge in [0.2, 0.25) is 11.8 Å². The molecule has 1 aromatic heterocycles. The molecule has 0 unspecified atom stereocenters. The van der Waals surface area contributed by atoms with Crippen LogP contribution < -0.4 is 10.6 Å².